The van der Waals surface area contributed by atoms with Crippen LogP contribution in [0.15, 0.2) is 40.9 Å². The Hall–Kier alpha value is -1.06. The van der Waals surface area contributed by atoms with Gasteiger partial charge in [-0.2, -0.15) is 0 Å². The summed E-state index contributed by atoms with van der Waals surface area (Å²) in [6, 6.07) is 12.5. The summed E-state index contributed by atoms with van der Waals surface area (Å²) in [5.41, 5.74) is 0. The van der Waals surface area contributed by atoms with E-state index in [4.69, 9.17) is 4.74 Å². The molecule has 0 aromatic heterocycles. The molecule has 0 amide bonds. The molecule has 0 aliphatic heterocycles. The maximum atomic E-state index is 5.90. The number of hydrogen-bond acceptors (Lipinski definition) is 2. The first-order valence-electron chi connectivity index (χ1n) is 7.69. The van der Waals surface area contributed by atoms with Crippen LogP contribution in [0.4, 0.5) is 0 Å². The van der Waals surface area contributed by atoms with Crippen LogP contribution in [0.1, 0.15) is 26.7 Å². The zero-order valence-electron chi connectivity index (χ0n) is 12.9. The monoisotopic (exact) mass is 349 g/mol. The van der Waals surface area contributed by atoms with Crippen LogP contribution in [-0.2, 0) is 0 Å². The molecule has 0 saturated carbocycles. The lowest BCUT2D eigenvalue weighted by molar-refractivity contribution is 0.304. The van der Waals surface area contributed by atoms with E-state index in [9.17, 15) is 0 Å². The average Bonchev–Trinajstić information content (AvgIpc) is 2.48. The van der Waals surface area contributed by atoms with E-state index >= 15 is 0 Å². The average molecular weight is 350 g/mol. The first kappa shape index (κ1) is 16.3. The third-order valence-electron chi connectivity index (χ3n) is 3.39. The van der Waals surface area contributed by atoms with Gasteiger partial charge in [-0.1, -0.05) is 44.2 Å². The highest BCUT2D eigenvalue weighted by Gasteiger charge is 2.05. The van der Waals surface area contributed by atoms with Crippen LogP contribution in [0.3, 0.4) is 0 Å². The summed E-state index contributed by atoms with van der Waals surface area (Å²) in [5.74, 6) is 1.65. The van der Waals surface area contributed by atoms with Gasteiger partial charge >= 0.3 is 0 Å². The molecule has 2 rings (SSSR count). The molecule has 0 fully saturated rings. The molecule has 0 spiro atoms. The molecule has 0 aliphatic rings. The highest BCUT2D eigenvalue weighted by molar-refractivity contribution is 9.10. The van der Waals surface area contributed by atoms with Crippen molar-refractivity contribution in [2.45, 2.75) is 26.7 Å². The number of ether oxygens (including phenoxy) is 1. The van der Waals surface area contributed by atoms with Gasteiger partial charge in [-0.15, -0.1) is 0 Å². The van der Waals surface area contributed by atoms with Crippen molar-refractivity contribution in [1.82, 2.24) is 5.32 Å². The van der Waals surface area contributed by atoms with Crippen molar-refractivity contribution in [3.05, 3.63) is 40.9 Å². The Bertz CT molecular complexity index is 568. The summed E-state index contributed by atoms with van der Waals surface area (Å²) in [4.78, 5) is 0. The fraction of sp³-hybridized carbons (Fsp3) is 0.444. The third-order valence-corrected chi connectivity index (χ3v) is 4.20. The molecule has 0 unspecified atom stereocenters. The van der Waals surface area contributed by atoms with Crippen molar-refractivity contribution in [1.29, 1.82) is 0 Å². The van der Waals surface area contributed by atoms with E-state index in [1.807, 2.05) is 6.07 Å². The van der Waals surface area contributed by atoms with Crippen molar-refractivity contribution >= 4 is 26.7 Å². The second-order valence-electron chi connectivity index (χ2n) is 5.75. The number of rotatable bonds is 8. The van der Waals surface area contributed by atoms with Gasteiger partial charge in [0.2, 0.25) is 0 Å². The normalized spacial score (nSPS) is 11.2. The Kier molecular flexibility index (Phi) is 6.52. The van der Waals surface area contributed by atoms with Gasteiger partial charge in [0.15, 0.2) is 0 Å². The Balaban J connectivity index is 1.77. The van der Waals surface area contributed by atoms with E-state index in [0.717, 1.165) is 48.7 Å². The Labute approximate surface area is 136 Å². The molecule has 0 bridgehead atoms. The summed E-state index contributed by atoms with van der Waals surface area (Å²) in [5, 5.41) is 5.89. The largest absolute Gasteiger partial charge is 0.492 e. The summed E-state index contributed by atoms with van der Waals surface area (Å²) in [6.07, 6.45) is 2.22. The highest BCUT2D eigenvalue weighted by Crippen LogP contribution is 2.33. The molecule has 2 aromatic carbocycles. The molecular weight excluding hydrogens is 326 g/mol. The number of hydrogen-bond donors (Lipinski definition) is 1. The van der Waals surface area contributed by atoms with Gasteiger partial charge in [0.05, 0.1) is 11.1 Å². The van der Waals surface area contributed by atoms with Gasteiger partial charge in [-0.3, -0.25) is 0 Å². The lowest BCUT2D eigenvalue weighted by atomic mass is 10.1. The predicted octanol–water partition coefficient (Wildman–Crippen LogP) is 5.01. The SMILES string of the molecule is CC(C)CNCCCCOc1ccc2ccccc2c1Br. The quantitative estimate of drug-likeness (QED) is 0.676. The molecule has 0 aliphatic carbocycles. The number of fused-ring (bicyclic) bond motifs is 1. The molecule has 0 radical (unpaired) electrons. The van der Waals surface area contributed by atoms with Crippen molar-refractivity contribution in [2.24, 2.45) is 5.92 Å². The smallest absolute Gasteiger partial charge is 0.134 e. The minimum Gasteiger partial charge on any atom is -0.492 e. The topological polar surface area (TPSA) is 21.3 Å². The Morgan fingerprint density at radius 1 is 1.10 bits per heavy atom. The van der Waals surface area contributed by atoms with E-state index in [1.165, 1.54) is 10.8 Å². The van der Waals surface area contributed by atoms with Gasteiger partial charge in [-0.05, 0) is 64.6 Å². The van der Waals surface area contributed by atoms with E-state index in [1.54, 1.807) is 0 Å². The first-order chi connectivity index (χ1) is 10.2. The summed E-state index contributed by atoms with van der Waals surface area (Å²) in [7, 11) is 0. The maximum Gasteiger partial charge on any atom is 0.134 e. The molecule has 0 saturated heterocycles. The third kappa shape index (κ3) is 5.01. The fourth-order valence-corrected chi connectivity index (χ4v) is 2.86. The zero-order valence-corrected chi connectivity index (χ0v) is 14.4. The molecular formula is C18H24BrNO. The van der Waals surface area contributed by atoms with E-state index in [-0.39, 0.29) is 0 Å². The standard InChI is InChI=1S/C18H24BrNO/c1-14(2)13-20-11-5-6-12-21-17-10-9-15-7-3-4-8-16(15)18(17)19/h3-4,7-10,14,20H,5-6,11-13H2,1-2H3. The highest BCUT2D eigenvalue weighted by atomic mass is 79.9. The van der Waals surface area contributed by atoms with Gasteiger partial charge in [0, 0.05) is 0 Å². The molecule has 114 valence electrons. The van der Waals surface area contributed by atoms with Gasteiger partial charge < -0.3 is 10.1 Å². The lowest BCUT2D eigenvalue weighted by Gasteiger charge is -2.11. The van der Waals surface area contributed by atoms with E-state index < -0.39 is 0 Å². The van der Waals surface area contributed by atoms with Crippen molar-refractivity contribution in [3.63, 3.8) is 0 Å². The molecule has 3 heteroatoms. The lowest BCUT2D eigenvalue weighted by Crippen LogP contribution is -2.21. The number of unbranched alkanes of at least 4 members (excludes halogenated alkanes) is 1. The summed E-state index contributed by atoms with van der Waals surface area (Å²) in [6.45, 7) is 7.39. The molecule has 1 N–H and O–H groups in total. The van der Waals surface area contributed by atoms with Crippen LogP contribution < -0.4 is 10.1 Å². The van der Waals surface area contributed by atoms with Crippen LogP contribution >= 0.6 is 15.9 Å². The minimum absolute atomic E-state index is 0.717. The zero-order chi connectivity index (χ0) is 15.1. The van der Waals surface area contributed by atoms with E-state index in [2.05, 4.69) is 65.4 Å². The van der Waals surface area contributed by atoms with E-state index in [0.29, 0.717) is 0 Å². The molecule has 2 aromatic rings. The van der Waals surface area contributed by atoms with Crippen LogP contribution in [0.25, 0.3) is 10.8 Å². The van der Waals surface area contributed by atoms with Gasteiger partial charge in [0.1, 0.15) is 5.75 Å². The van der Waals surface area contributed by atoms with Gasteiger partial charge in [-0.25, -0.2) is 0 Å². The Morgan fingerprint density at radius 2 is 1.90 bits per heavy atom. The van der Waals surface area contributed by atoms with Crippen molar-refractivity contribution in [2.75, 3.05) is 19.7 Å². The maximum absolute atomic E-state index is 5.90. The fourth-order valence-electron chi connectivity index (χ4n) is 2.25. The van der Waals surface area contributed by atoms with Gasteiger partial charge in [0.25, 0.3) is 0 Å². The summed E-state index contributed by atoms with van der Waals surface area (Å²) >= 11 is 3.65. The van der Waals surface area contributed by atoms with Crippen molar-refractivity contribution < 1.29 is 4.74 Å². The van der Waals surface area contributed by atoms with Crippen LogP contribution in [0.2, 0.25) is 0 Å². The predicted molar refractivity (Wildman–Crippen MR) is 94.1 cm³/mol. The molecule has 2 nitrogen and oxygen atoms in total. The summed E-state index contributed by atoms with van der Waals surface area (Å²) < 4.78 is 6.95. The number of benzene rings is 2. The van der Waals surface area contributed by atoms with Crippen LogP contribution in [0.5, 0.6) is 5.75 Å². The van der Waals surface area contributed by atoms with Crippen molar-refractivity contribution in [3.8, 4) is 5.75 Å². The molecule has 21 heavy (non-hydrogen) atoms. The minimum atomic E-state index is 0.717. The Morgan fingerprint density at radius 3 is 2.71 bits per heavy atom. The molecule has 0 heterocycles. The number of nitrogens with one attached hydrogen (secondary N) is 1. The molecule has 0 atom stereocenters. The second-order valence-corrected chi connectivity index (χ2v) is 6.55. The first-order valence-corrected chi connectivity index (χ1v) is 8.48. The van der Waals surface area contributed by atoms with Crippen LogP contribution in [-0.4, -0.2) is 19.7 Å². The number of halogens is 1. The second kappa shape index (κ2) is 8.40. The van der Waals surface area contributed by atoms with Crippen LogP contribution in [0, 0.1) is 5.92 Å².